The fourth-order valence-electron chi connectivity index (χ4n) is 2.08. The third kappa shape index (κ3) is 4.11. The molecule has 0 aromatic heterocycles. The van der Waals surface area contributed by atoms with Gasteiger partial charge in [-0.1, -0.05) is 29.8 Å². The van der Waals surface area contributed by atoms with Crippen LogP contribution in [0.25, 0.3) is 11.6 Å². The average Bonchev–Trinajstić information content (AvgIpc) is 2.50. The van der Waals surface area contributed by atoms with Gasteiger partial charge in [0.15, 0.2) is 0 Å². The van der Waals surface area contributed by atoms with Gasteiger partial charge in [-0.25, -0.2) is 9.18 Å². The molecule has 0 saturated carbocycles. The maximum Gasteiger partial charge on any atom is 0.336 e. The molecule has 0 bridgehead atoms. The Bertz CT molecular complexity index is 769. The average molecular weight is 335 g/mol. The highest BCUT2D eigenvalue weighted by molar-refractivity contribution is 6.32. The highest BCUT2D eigenvalue weighted by Crippen LogP contribution is 2.28. The molecule has 0 amide bonds. The lowest BCUT2D eigenvalue weighted by molar-refractivity contribution is -0.130. The second-order valence-corrected chi connectivity index (χ2v) is 5.36. The lowest BCUT2D eigenvalue weighted by Crippen LogP contribution is -2.01. The minimum atomic E-state index is -1.14. The van der Waals surface area contributed by atoms with Crippen LogP contribution in [0.15, 0.2) is 36.4 Å². The summed E-state index contributed by atoms with van der Waals surface area (Å²) in [5.74, 6) is -1.05. The van der Waals surface area contributed by atoms with E-state index in [2.05, 4.69) is 0 Å². The van der Waals surface area contributed by atoms with Gasteiger partial charge in [0.2, 0.25) is 0 Å². The van der Waals surface area contributed by atoms with Gasteiger partial charge in [0.05, 0.1) is 17.2 Å². The molecule has 5 heteroatoms. The van der Waals surface area contributed by atoms with Gasteiger partial charge in [-0.3, -0.25) is 0 Å². The molecule has 0 aliphatic rings. The highest BCUT2D eigenvalue weighted by Gasteiger charge is 2.13. The SMILES string of the molecule is CCOc1ccc(/C=C(\C(=O)O)c2ccc(C)c(F)c2)cc1Cl. The first-order chi connectivity index (χ1) is 10.9. The first-order valence-corrected chi connectivity index (χ1v) is 7.44. The molecule has 2 aromatic carbocycles. The number of aliphatic carboxylic acids is 1. The van der Waals surface area contributed by atoms with E-state index in [0.717, 1.165) is 0 Å². The van der Waals surface area contributed by atoms with Crippen molar-refractivity contribution in [3.8, 4) is 5.75 Å². The molecule has 2 aromatic rings. The third-order valence-corrected chi connectivity index (χ3v) is 3.58. The van der Waals surface area contributed by atoms with Crippen LogP contribution in [-0.2, 0) is 4.79 Å². The van der Waals surface area contributed by atoms with Gasteiger partial charge >= 0.3 is 5.97 Å². The van der Waals surface area contributed by atoms with E-state index in [9.17, 15) is 14.3 Å². The summed E-state index contributed by atoms with van der Waals surface area (Å²) >= 11 is 6.10. The van der Waals surface area contributed by atoms with Crippen molar-refractivity contribution < 1.29 is 19.0 Å². The summed E-state index contributed by atoms with van der Waals surface area (Å²) in [6.07, 6.45) is 1.45. The molecular formula is C18H16ClFO3. The smallest absolute Gasteiger partial charge is 0.336 e. The fourth-order valence-corrected chi connectivity index (χ4v) is 2.32. The number of carbonyl (C=O) groups is 1. The number of aryl methyl sites for hydroxylation is 1. The Labute approximate surface area is 139 Å². The number of halogens is 2. The van der Waals surface area contributed by atoms with E-state index in [4.69, 9.17) is 16.3 Å². The van der Waals surface area contributed by atoms with E-state index in [1.54, 1.807) is 37.3 Å². The number of carboxylic acids is 1. The summed E-state index contributed by atoms with van der Waals surface area (Å²) in [4.78, 5) is 11.5. The molecule has 0 radical (unpaired) electrons. The molecular weight excluding hydrogens is 319 g/mol. The number of hydrogen-bond donors (Lipinski definition) is 1. The van der Waals surface area contributed by atoms with Gasteiger partial charge in [0.1, 0.15) is 11.6 Å². The van der Waals surface area contributed by atoms with Crippen molar-refractivity contribution >= 4 is 29.2 Å². The zero-order valence-corrected chi connectivity index (χ0v) is 13.5. The van der Waals surface area contributed by atoms with Gasteiger partial charge in [0.25, 0.3) is 0 Å². The van der Waals surface area contributed by atoms with E-state index in [1.807, 2.05) is 6.92 Å². The zero-order valence-electron chi connectivity index (χ0n) is 12.8. The van der Waals surface area contributed by atoms with E-state index < -0.39 is 11.8 Å². The molecule has 0 aliphatic carbocycles. The lowest BCUT2D eigenvalue weighted by atomic mass is 10.0. The summed E-state index contributed by atoms with van der Waals surface area (Å²) in [7, 11) is 0. The second kappa shape index (κ2) is 7.29. The molecule has 0 aliphatic heterocycles. The topological polar surface area (TPSA) is 46.5 Å². The number of hydrogen-bond acceptors (Lipinski definition) is 2. The Kier molecular flexibility index (Phi) is 5.40. The summed E-state index contributed by atoms with van der Waals surface area (Å²) in [6.45, 7) is 3.95. The maximum atomic E-state index is 13.7. The second-order valence-electron chi connectivity index (χ2n) is 4.95. The molecule has 0 spiro atoms. The van der Waals surface area contributed by atoms with Crippen molar-refractivity contribution in [1.29, 1.82) is 0 Å². The number of benzene rings is 2. The predicted molar refractivity (Wildman–Crippen MR) is 89.3 cm³/mol. The molecule has 0 atom stereocenters. The largest absolute Gasteiger partial charge is 0.492 e. The van der Waals surface area contributed by atoms with E-state index in [-0.39, 0.29) is 5.57 Å². The Morgan fingerprint density at radius 2 is 2.04 bits per heavy atom. The first-order valence-electron chi connectivity index (χ1n) is 7.06. The van der Waals surface area contributed by atoms with E-state index in [1.165, 1.54) is 12.1 Å². The van der Waals surface area contributed by atoms with Crippen LogP contribution in [-0.4, -0.2) is 17.7 Å². The molecule has 2 rings (SSSR count). The first kappa shape index (κ1) is 17.0. The van der Waals surface area contributed by atoms with Crippen LogP contribution in [0, 0.1) is 12.7 Å². The standard InChI is InChI=1S/C18H16ClFO3/c1-3-23-17-7-5-12(9-15(17)19)8-14(18(21)22)13-6-4-11(2)16(20)10-13/h4-10H,3H2,1-2H3,(H,21,22)/b14-8-. The minimum absolute atomic E-state index is 0.0101. The van der Waals surface area contributed by atoms with Crippen molar-refractivity contribution in [2.45, 2.75) is 13.8 Å². The summed E-state index contributed by atoms with van der Waals surface area (Å²) in [5, 5.41) is 9.80. The molecule has 1 N–H and O–H groups in total. The van der Waals surface area contributed by atoms with Crippen LogP contribution in [0.3, 0.4) is 0 Å². The van der Waals surface area contributed by atoms with Crippen LogP contribution in [0.2, 0.25) is 5.02 Å². The molecule has 120 valence electrons. The van der Waals surface area contributed by atoms with Crippen LogP contribution in [0.4, 0.5) is 4.39 Å². The summed E-state index contributed by atoms with van der Waals surface area (Å²) < 4.78 is 19.0. The van der Waals surface area contributed by atoms with Crippen LogP contribution in [0.5, 0.6) is 5.75 Å². The normalized spacial score (nSPS) is 11.4. The van der Waals surface area contributed by atoms with Gasteiger partial charge in [-0.2, -0.15) is 0 Å². The van der Waals surface area contributed by atoms with Crippen molar-refractivity contribution in [1.82, 2.24) is 0 Å². The number of rotatable bonds is 5. The van der Waals surface area contributed by atoms with Gasteiger partial charge in [0, 0.05) is 0 Å². The van der Waals surface area contributed by atoms with Gasteiger partial charge < -0.3 is 9.84 Å². The van der Waals surface area contributed by atoms with Crippen molar-refractivity contribution in [2.24, 2.45) is 0 Å². The van der Waals surface area contributed by atoms with Crippen molar-refractivity contribution in [2.75, 3.05) is 6.61 Å². The van der Waals surface area contributed by atoms with Crippen molar-refractivity contribution in [3.05, 3.63) is 63.9 Å². The fraction of sp³-hybridized carbons (Fsp3) is 0.167. The highest BCUT2D eigenvalue weighted by atomic mass is 35.5. The predicted octanol–water partition coefficient (Wildman–Crippen LogP) is 4.81. The number of ether oxygens (including phenoxy) is 1. The Balaban J connectivity index is 2.45. The lowest BCUT2D eigenvalue weighted by Gasteiger charge is -2.08. The molecule has 0 saturated heterocycles. The van der Waals surface area contributed by atoms with Crippen LogP contribution < -0.4 is 4.74 Å². The molecule has 3 nitrogen and oxygen atoms in total. The molecule has 0 fully saturated rings. The monoisotopic (exact) mass is 334 g/mol. The zero-order chi connectivity index (χ0) is 17.0. The van der Waals surface area contributed by atoms with Gasteiger partial charge in [-0.05, 0) is 54.8 Å². The Morgan fingerprint density at radius 1 is 1.30 bits per heavy atom. The molecule has 0 unspecified atom stereocenters. The van der Waals surface area contributed by atoms with E-state index in [0.29, 0.717) is 34.1 Å². The maximum absolute atomic E-state index is 13.7. The third-order valence-electron chi connectivity index (χ3n) is 3.28. The molecule has 0 heterocycles. The quantitative estimate of drug-likeness (QED) is 0.630. The molecule has 23 heavy (non-hydrogen) atoms. The van der Waals surface area contributed by atoms with Crippen LogP contribution in [0.1, 0.15) is 23.6 Å². The Morgan fingerprint density at radius 3 is 2.61 bits per heavy atom. The Hall–Kier alpha value is -2.33. The summed E-state index contributed by atoms with van der Waals surface area (Å²) in [5.41, 5.74) is 1.34. The van der Waals surface area contributed by atoms with Gasteiger partial charge in [-0.15, -0.1) is 0 Å². The van der Waals surface area contributed by atoms with Crippen LogP contribution >= 0.6 is 11.6 Å². The minimum Gasteiger partial charge on any atom is -0.492 e. The van der Waals surface area contributed by atoms with E-state index >= 15 is 0 Å². The number of carboxylic acid groups (broad SMARTS) is 1. The summed E-state index contributed by atoms with van der Waals surface area (Å²) in [6, 6.07) is 9.32. The van der Waals surface area contributed by atoms with Crippen molar-refractivity contribution in [3.63, 3.8) is 0 Å².